The minimum absolute atomic E-state index is 0.0334. The highest BCUT2D eigenvalue weighted by Gasteiger charge is 2.25. The molecule has 1 atom stereocenters. The van der Waals surface area contributed by atoms with Crippen molar-refractivity contribution in [2.75, 3.05) is 19.4 Å². The van der Waals surface area contributed by atoms with Gasteiger partial charge in [-0.05, 0) is 29.7 Å². The maximum absolute atomic E-state index is 12.7. The Kier molecular flexibility index (Phi) is 6.47. The van der Waals surface area contributed by atoms with E-state index in [0.717, 1.165) is 22.0 Å². The van der Waals surface area contributed by atoms with Crippen LogP contribution in [0.15, 0.2) is 58.9 Å². The molecule has 140 valence electrons. The van der Waals surface area contributed by atoms with Crippen LogP contribution in [0.5, 0.6) is 0 Å². The zero-order valence-electron chi connectivity index (χ0n) is 15.5. The van der Waals surface area contributed by atoms with Gasteiger partial charge in [0.1, 0.15) is 5.25 Å². The van der Waals surface area contributed by atoms with Crippen molar-refractivity contribution in [1.82, 2.24) is 15.1 Å². The first-order valence-electron chi connectivity index (χ1n) is 8.69. The molecule has 3 aromatic rings. The average Bonchev–Trinajstić information content (AvgIpc) is 3.13. The number of rotatable bonds is 7. The highest BCUT2D eigenvalue weighted by Crippen LogP contribution is 2.39. The van der Waals surface area contributed by atoms with Crippen LogP contribution in [0.2, 0.25) is 0 Å². The van der Waals surface area contributed by atoms with Crippen LogP contribution < -0.4 is 5.32 Å². The van der Waals surface area contributed by atoms with Crippen LogP contribution in [0.1, 0.15) is 23.3 Å². The minimum atomic E-state index is -0.342. The molecule has 27 heavy (non-hydrogen) atoms. The Morgan fingerprint density at radius 2 is 1.81 bits per heavy atom. The number of likely N-dealkylation sites (N-methyl/N-ethyl adjacent to an activating group) is 1. The third kappa shape index (κ3) is 5.08. The fourth-order valence-electron chi connectivity index (χ4n) is 2.48. The van der Waals surface area contributed by atoms with Gasteiger partial charge < -0.3 is 10.2 Å². The smallest absolute Gasteiger partial charge is 0.240 e. The van der Waals surface area contributed by atoms with Crippen LogP contribution in [-0.4, -0.2) is 35.1 Å². The molecule has 1 aromatic heterocycles. The fourth-order valence-corrected chi connectivity index (χ4v) is 4.59. The van der Waals surface area contributed by atoms with Crippen LogP contribution in [0.25, 0.3) is 0 Å². The molecule has 0 aliphatic carbocycles. The molecule has 5 nitrogen and oxygen atoms in total. The summed E-state index contributed by atoms with van der Waals surface area (Å²) in [7, 11) is 3.54. The largest absolute Gasteiger partial charge is 0.348 e. The number of benzene rings is 2. The van der Waals surface area contributed by atoms with Crippen LogP contribution in [0, 0.1) is 0 Å². The third-order valence-electron chi connectivity index (χ3n) is 4.01. The number of nitrogens with zero attached hydrogens (tertiary/aromatic N) is 3. The van der Waals surface area contributed by atoms with Gasteiger partial charge in [-0.3, -0.25) is 4.79 Å². The van der Waals surface area contributed by atoms with Gasteiger partial charge in [0.15, 0.2) is 4.34 Å². The highest BCUT2D eigenvalue weighted by atomic mass is 32.2. The Bertz CT molecular complexity index is 879. The maximum atomic E-state index is 12.7. The summed E-state index contributed by atoms with van der Waals surface area (Å²) in [6, 6.07) is 18.0. The number of nitrogens with one attached hydrogen (secondary N) is 1. The number of aryl methyl sites for hydroxylation is 1. The van der Waals surface area contributed by atoms with Crippen molar-refractivity contribution in [3.05, 3.63) is 65.7 Å². The first kappa shape index (κ1) is 19.4. The molecule has 1 unspecified atom stereocenters. The molecule has 0 bridgehead atoms. The molecule has 7 heteroatoms. The molecule has 0 saturated carbocycles. The molecule has 0 spiro atoms. The zero-order valence-corrected chi connectivity index (χ0v) is 17.2. The standard InChI is InChI=1S/C20H22N4OS2/c1-4-14-10-12-16(13-11-14)21-19-22-23-20(27-19)26-17(18(25)24(2)3)15-8-6-5-7-9-15/h5-13,17H,4H2,1-3H3,(H,21,22). The molecule has 0 fully saturated rings. The molecule has 0 saturated heterocycles. The van der Waals surface area contributed by atoms with E-state index < -0.39 is 0 Å². The molecule has 1 amide bonds. The Labute approximate surface area is 167 Å². The lowest BCUT2D eigenvalue weighted by Gasteiger charge is -2.19. The summed E-state index contributed by atoms with van der Waals surface area (Å²) in [5, 5.41) is 12.1. The zero-order chi connectivity index (χ0) is 19.2. The van der Waals surface area contributed by atoms with E-state index in [0.29, 0.717) is 5.13 Å². The van der Waals surface area contributed by atoms with Crippen molar-refractivity contribution in [3.63, 3.8) is 0 Å². The first-order chi connectivity index (χ1) is 13.1. The minimum Gasteiger partial charge on any atom is -0.348 e. The Morgan fingerprint density at radius 1 is 1.11 bits per heavy atom. The van der Waals surface area contributed by atoms with E-state index in [1.807, 2.05) is 42.5 Å². The number of hydrogen-bond donors (Lipinski definition) is 1. The summed E-state index contributed by atoms with van der Waals surface area (Å²) in [6.07, 6.45) is 1.01. The van der Waals surface area contributed by atoms with Crippen molar-refractivity contribution in [2.24, 2.45) is 0 Å². The van der Waals surface area contributed by atoms with Crippen LogP contribution in [0.3, 0.4) is 0 Å². The summed E-state index contributed by atoms with van der Waals surface area (Å²) in [6.45, 7) is 2.13. The van der Waals surface area contributed by atoms with E-state index in [9.17, 15) is 4.79 Å². The number of amides is 1. The van der Waals surface area contributed by atoms with E-state index in [2.05, 4.69) is 34.6 Å². The lowest BCUT2D eigenvalue weighted by atomic mass is 10.1. The lowest BCUT2D eigenvalue weighted by Crippen LogP contribution is -2.26. The van der Waals surface area contributed by atoms with Crippen LogP contribution >= 0.6 is 23.1 Å². The molecule has 3 rings (SSSR count). The average molecular weight is 399 g/mol. The predicted molar refractivity (Wildman–Crippen MR) is 113 cm³/mol. The molecule has 0 aliphatic rings. The summed E-state index contributed by atoms with van der Waals surface area (Å²) < 4.78 is 0.756. The summed E-state index contributed by atoms with van der Waals surface area (Å²) in [5.41, 5.74) is 3.23. The molecular formula is C20H22N4OS2. The predicted octanol–water partition coefficient (Wildman–Crippen LogP) is 4.77. The summed E-state index contributed by atoms with van der Waals surface area (Å²) in [5.74, 6) is 0.0334. The number of aromatic nitrogens is 2. The molecule has 0 aliphatic heterocycles. The molecule has 0 radical (unpaired) electrons. The number of carbonyl (C=O) groups excluding carboxylic acids is 1. The lowest BCUT2D eigenvalue weighted by molar-refractivity contribution is -0.128. The van der Waals surface area contributed by atoms with Crippen molar-refractivity contribution in [3.8, 4) is 0 Å². The van der Waals surface area contributed by atoms with E-state index in [-0.39, 0.29) is 11.2 Å². The van der Waals surface area contributed by atoms with Crippen LogP contribution in [0.4, 0.5) is 10.8 Å². The molecular weight excluding hydrogens is 376 g/mol. The topological polar surface area (TPSA) is 58.1 Å². The Hall–Kier alpha value is -2.38. The number of hydrogen-bond acceptors (Lipinski definition) is 6. The van der Waals surface area contributed by atoms with Gasteiger partial charge >= 0.3 is 0 Å². The van der Waals surface area contributed by atoms with Gasteiger partial charge in [-0.15, -0.1) is 10.2 Å². The van der Waals surface area contributed by atoms with Gasteiger partial charge in [0.05, 0.1) is 0 Å². The molecule has 2 aromatic carbocycles. The Morgan fingerprint density at radius 3 is 2.44 bits per heavy atom. The van der Waals surface area contributed by atoms with Crippen molar-refractivity contribution in [1.29, 1.82) is 0 Å². The summed E-state index contributed by atoms with van der Waals surface area (Å²) in [4.78, 5) is 14.3. The second-order valence-electron chi connectivity index (χ2n) is 6.19. The van der Waals surface area contributed by atoms with Gasteiger partial charge in [-0.1, -0.05) is 72.5 Å². The monoisotopic (exact) mass is 398 g/mol. The van der Waals surface area contributed by atoms with E-state index in [1.165, 1.54) is 28.7 Å². The van der Waals surface area contributed by atoms with Gasteiger partial charge in [-0.25, -0.2) is 0 Å². The van der Waals surface area contributed by atoms with Gasteiger partial charge in [0, 0.05) is 19.8 Å². The second kappa shape index (κ2) is 9.01. The van der Waals surface area contributed by atoms with E-state index in [4.69, 9.17) is 0 Å². The normalized spacial score (nSPS) is 11.8. The van der Waals surface area contributed by atoms with E-state index >= 15 is 0 Å². The number of thioether (sulfide) groups is 1. The quantitative estimate of drug-likeness (QED) is 0.581. The van der Waals surface area contributed by atoms with Gasteiger partial charge in [-0.2, -0.15) is 0 Å². The van der Waals surface area contributed by atoms with Crippen molar-refractivity contribution in [2.45, 2.75) is 22.9 Å². The fraction of sp³-hybridized carbons (Fsp3) is 0.250. The van der Waals surface area contributed by atoms with Gasteiger partial charge in [0.25, 0.3) is 0 Å². The van der Waals surface area contributed by atoms with Crippen molar-refractivity contribution < 1.29 is 4.79 Å². The number of carbonyl (C=O) groups is 1. The summed E-state index contributed by atoms with van der Waals surface area (Å²) >= 11 is 2.88. The Balaban J connectivity index is 1.74. The van der Waals surface area contributed by atoms with Crippen LogP contribution in [-0.2, 0) is 11.2 Å². The molecule has 1 heterocycles. The third-order valence-corrected chi connectivity index (χ3v) is 6.17. The van der Waals surface area contributed by atoms with Crippen molar-refractivity contribution >= 4 is 39.8 Å². The van der Waals surface area contributed by atoms with Gasteiger partial charge in [0.2, 0.25) is 11.0 Å². The SMILES string of the molecule is CCc1ccc(Nc2nnc(SC(C(=O)N(C)C)c3ccccc3)s2)cc1. The second-order valence-corrected chi connectivity index (χ2v) is 8.52. The number of anilines is 2. The highest BCUT2D eigenvalue weighted by molar-refractivity contribution is 8.01. The molecule has 1 N–H and O–H groups in total. The van der Waals surface area contributed by atoms with E-state index in [1.54, 1.807) is 19.0 Å². The maximum Gasteiger partial charge on any atom is 0.240 e. The first-order valence-corrected chi connectivity index (χ1v) is 10.4.